The first-order valence-corrected chi connectivity index (χ1v) is 13.7. The summed E-state index contributed by atoms with van der Waals surface area (Å²) in [4.78, 5) is 45.2. The average Bonchev–Trinajstić information content (AvgIpc) is 3.63. The van der Waals surface area contributed by atoms with Crippen LogP contribution >= 0.6 is 0 Å². The Morgan fingerprint density at radius 3 is 2.60 bits per heavy atom. The Balaban J connectivity index is 1.39. The number of hydrogen-bond acceptors (Lipinski definition) is 7. The highest BCUT2D eigenvalue weighted by atomic mass is 16.5. The minimum Gasteiger partial charge on any atom is -0.391 e. The van der Waals surface area contributed by atoms with Gasteiger partial charge >= 0.3 is 0 Å². The van der Waals surface area contributed by atoms with Crippen molar-refractivity contribution in [2.75, 3.05) is 6.54 Å². The second-order valence-corrected chi connectivity index (χ2v) is 11.1. The summed E-state index contributed by atoms with van der Waals surface area (Å²) in [5, 5.41) is 17.9. The molecule has 3 aromatic rings. The van der Waals surface area contributed by atoms with E-state index in [1.807, 2.05) is 58.0 Å². The molecule has 0 bridgehead atoms. The molecule has 2 aliphatic heterocycles. The van der Waals surface area contributed by atoms with Crippen LogP contribution < -0.4 is 16.5 Å². The summed E-state index contributed by atoms with van der Waals surface area (Å²) in [6.07, 6.45) is -0.477. The zero-order valence-corrected chi connectivity index (χ0v) is 23.4. The number of amides is 2. The number of rotatable bonds is 7. The highest BCUT2D eigenvalue weighted by molar-refractivity contribution is 6.97. The van der Waals surface area contributed by atoms with Crippen LogP contribution in [0.5, 0.6) is 0 Å². The van der Waals surface area contributed by atoms with Gasteiger partial charge in [-0.3, -0.25) is 14.4 Å². The predicted octanol–water partition coefficient (Wildman–Crippen LogP) is -0.205. The molecule has 0 saturated carbocycles. The monoisotopic (exact) mass is 541 g/mol. The van der Waals surface area contributed by atoms with Gasteiger partial charge in [0.1, 0.15) is 30.2 Å². The number of likely N-dealkylation sites (tertiary alicyclic amines) is 1. The molecule has 12 heteroatoms. The number of aliphatic imine (C=N–C) groups is 1. The number of aliphatic hydroxyl groups excluding tert-OH is 1. The van der Waals surface area contributed by atoms with Crippen molar-refractivity contribution >= 4 is 38.2 Å². The van der Waals surface area contributed by atoms with E-state index in [2.05, 4.69) is 15.5 Å². The third-order valence-electron chi connectivity index (χ3n) is 8.03. The quantitative estimate of drug-likeness (QED) is 0.397. The Morgan fingerprint density at radius 1 is 1.23 bits per heavy atom. The van der Waals surface area contributed by atoms with Crippen LogP contribution in [0.3, 0.4) is 0 Å². The third kappa shape index (κ3) is 4.81. The van der Waals surface area contributed by atoms with E-state index in [0.717, 1.165) is 16.9 Å². The number of nitrogens with zero attached hydrogens (tertiary/aromatic N) is 4. The first-order chi connectivity index (χ1) is 19.0. The molecular formula is C28H33B2N5O5. The summed E-state index contributed by atoms with van der Waals surface area (Å²) in [5.74, 6) is -0.364. The van der Waals surface area contributed by atoms with Crippen molar-refractivity contribution in [1.82, 2.24) is 19.9 Å². The first kappa shape index (κ1) is 27.6. The van der Waals surface area contributed by atoms with E-state index in [0.29, 0.717) is 24.3 Å². The summed E-state index contributed by atoms with van der Waals surface area (Å²) in [6, 6.07) is 13.7. The van der Waals surface area contributed by atoms with Gasteiger partial charge in [0, 0.05) is 31.7 Å². The van der Waals surface area contributed by atoms with Gasteiger partial charge in [-0.15, -0.1) is 0 Å². The normalized spacial score (nSPS) is 23.3. The Morgan fingerprint density at radius 2 is 1.95 bits per heavy atom. The molecule has 10 nitrogen and oxygen atoms in total. The van der Waals surface area contributed by atoms with E-state index in [1.54, 1.807) is 29.5 Å². The molecule has 2 unspecified atom stereocenters. The van der Waals surface area contributed by atoms with Gasteiger partial charge in [-0.05, 0) is 36.1 Å². The number of aliphatic hydroxyl groups is 1. The zero-order chi connectivity index (χ0) is 28.8. The lowest BCUT2D eigenvalue weighted by Crippen LogP contribution is -2.51. The molecule has 0 radical (unpaired) electrons. The minimum atomic E-state index is -1.14. The van der Waals surface area contributed by atoms with Gasteiger partial charge in [-0.25, -0.2) is 0 Å². The highest BCUT2D eigenvalue weighted by Gasteiger charge is 2.48. The molecule has 0 spiro atoms. The smallest absolute Gasteiger partial charge is 0.277 e. The summed E-state index contributed by atoms with van der Waals surface area (Å²) in [5.41, 5.74) is 1.83. The topological polar surface area (TPSA) is 130 Å². The Kier molecular flexibility index (Phi) is 7.31. The van der Waals surface area contributed by atoms with E-state index in [1.165, 1.54) is 6.07 Å². The van der Waals surface area contributed by atoms with Gasteiger partial charge in [0.05, 0.1) is 25.6 Å². The molecular weight excluding hydrogens is 508 g/mol. The molecule has 2 aromatic heterocycles. The van der Waals surface area contributed by atoms with Crippen LogP contribution in [0.15, 0.2) is 62.8 Å². The number of carbonyl (C=O) groups excluding carboxylic acids is 2. The molecule has 206 valence electrons. The zero-order valence-electron chi connectivity index (χ0n) is 23.4. The highest BCUT2D eigenvalue weighted by Crippen LogP contribution is 2.34. The number of carbonyl (C=O) groups is 2. The summed E-state index contributed by atoms with van der Waals surface area (Å²) >= 11 is 0. The molecule has 4 atom stereocenters. The second-order valence-electron chi connectivity index (χ2n) is 11.1. The molecule has 4 heterocycles. The molecule has 1 fully saturated rings. The number of amidine groups is 1. The van der Waals surface area contributed by atoms with E-state index >= 15 is 0 Å². The fourth-order valence-corrected chi connectivity index (χ4v) is 5.61. The van der Waals surface area contributed by atoms with Gasteiger partial charge in [0.2, 0.25) is 5.91 Å². The maximum absolute atomic E-state index is 13.9. The average molecular weight is 541 g/mol. The summed E-state index contributed by atoms with van der Waals surface area (Å²) in [6.45, 7) is 5.79. The maximum atomic E-state index is 13.9. The van der Waals surface area contributed by atoms with E-state index in [4.69, 9.17) is 4.52 Å². The summed E-state index contributed by atoms with van der Waals surface area (Å²) in [7, 11) is 4.38. The van der Waals surface area contributed by atoms with Gasteiger partial charge in [-0.1, -0.05) is 49.3 Å². The van der Waals surface area contributed by atoms with Gasteiger partial charge in [0.15, 0.2) is 0 Å². The predicted molar refractivity (Wildman–Crippen MR) is 156 cm³/mol. The molecule has 0 aliphatic carbocycles. The molecule has 2 N–H and O–H groups in total. The number of nitrogens with one attached hydrogen (secondary N) is 1. The number of benzene rings is 1. The molecule has 1 aromatic carbocycles. The molecule has 1 saturated heterocycles. The first-order valence-electron chi connectivity index (χ1n) is 13.7. The van der Waals surface area contributed by atoms with E-state index < -0.39 is 23.6 Å². The van der Waals surface area contributed by atoms with E-state index in [-0.39, 0.29) is 36.3 Å². The Bertz CT molecular complexity index is 1530. The van der Waals surface area contributed by atoms with E-state index in [9.17, 15) is 19.5 Å². The number of β-amino-alcohol motifs (C(OH)–C–C–N with tert-alkyl or cyclic N) is 1. The maximum Gasteiger partial charge on any atom is 0.277 e. The third-order valence-corrected chi connectivity index (χ3v) is 8.03. The lowest BCUT2D eigenvalue weighted by molar-refractivity contribution is -0.134. The van der Waals surface area contributed by atoms with Crippen LogP contribution in [-0.4, -0.2) is 71.0 Å². The van der Waals surface area contributed by atoms with Crippen molar-refractivity contribution in [2.45, 2.75) is 50.8 Å². The van der Waals surface area contributed by atoms with Gasteiger partial charge in [0.25, 0.3) is 11.5 Å². The van der Waals surface area contributed by atoms with Crippen molar-refractivity contribution < 1.29 is 19.2 Å². The summed E-state index contributed by atoms with van der Waals surface area (Å²) < 4.78 is 7.10. The number of hydrogen-bond donors (Lipinski definition) is 2. The standard InChI is InChI=1S/C28H33B2N5O5/c1-15(2)24(21-13-22(30-29)33-40-21)26(38)35-14-18(36)12-20(35)25-31-27(39)28(3,32-25)17-10-8-16(9-11-17)19-6-5-7-23(37)34(19)4/h5-11,13,15,18,20,24,30,36H,12,14,29H2,1-4H3,(H,31,32,39)/t18-,20+,24?,28?/m1/s1. The fourth-order valence-electron chi connectivity index (χ4n) is 5.61. The number of pyridine rings is 1. The van der Waals surface area contributed by atoms with Crippen molar-refractivity contribution in [2.24, 2.45) is 18.0 Å². The minimum absolute atomic E-state index is 0.0726. The van der Waals surface area contributed by atoms with Crippen LogP contribution in [0, 0.1) is 5.92 Å². The lowest BCUT2D eigenvalue weighted by atomic mass is 9.53. The van der Waals surface area contributed by atoms with Gasteiger partial charge in [-0.2, -0.15) is 4.99 Å². The van der Waals surface area contributed by atoms with Crippen molar-refractivity contribution in [3.8, 4) is 11.3 Å². The van der Waals surface area contributed by atoms with Crippen molar-refractivity contribution in [1.29, 1.82) is 0 Å². The second kappa shape index (κ2) is 10.6. The van der Waals surface area contributed by atoms with Crippen LogP contribution in [-0.2, 0) is 22.2 Å². The van der Waals surface area contributed by atoms with Crippen molar-refractivity contribution in [3.05, 3.63) is 70.2 Å². The van der Waals surface area contributed by atoms with Crippen LogP contribution in [0.1, 0.15) is 44.4 Å². The lowest BCUT2D eigenvalue weighted by Gasteiger charge is -2.31. The molecule has 40 heavy (non-hydrogen) atoms. The largest absolute Gasteiger partial charge is 0.391 e. The SMILES string of the molecule is BBc1cc(C(C(=O)N2C[C@H](O)C[C@H]2C2=NC(=O)C(C)(c3ccc(-c4cccc(=O)n4C)cc3)N2)C(C)C)on1. The Labute approximate surface area is 234 Å². The van der Waals surface area contributed by atoms with Crippen LogP contribution in [0.25, 0.3) is 11.3 Å². The van der Waals surface area contributed by atoms with Gasteiger partial charge < -0.3 is 24.4 Å². The Hall–Kier alpha value is -3.92. The molecule has 2 aliphatic rings. The fraction of sp³-hybridized carbons (Fsp3) is 0.393. The molecule has 2 amide bonds. The van der Waals surface area contributed by atoms with Crippen molar-refractivity contribution in [3.63, 3.8) is 0 Å². The van der Waals surface area contributed by atoms with Crippen LogP contribution in [0.2, 0.25) is 0 Å². The van der Waals surface area contributed by atoms with Crippen LogP contribution in [0.4, 0.5) is 0 Å². The molecule has 5 rings (SSSR count). The number of aromatic nitrogens is 2.